The van der Waals surface area contributed by atoms with E-state index in [-0.39, 0.29) is 5.91 Å². The SMILES string of the molecule is CCCN(C(=O)c1ccc(OCC)cc1)c1cccc(C)c1. The molecular weight excluding hydrogens is 274 g/mol. The van der Waals surface area contributed by atoms with E-state index >= 15 is 0 Å². The van der Waals surface area contributed by atoms with Crippen LogP contribution in [0.4, 0.5) is 5.69 Å². The van der Waals surface area contributed by atoms with Crippen LogP contribution in [0.3, 0.4) is 0 Å². The molecular formula is C19H23NO2. The number of aryl methyl sites for hydroxylation is 1. The summed E-state index contributed by atoms with van der Waals surface area (Å²) in [7, 11) is 0. The number of ether oxygens (including phenoxy) is 1. The molecule has 22 heavy (non-hydrogen) atoms. The van der Waals surface area contributed by atoms with Crippen LogP contribution < -0.4 is 9.64 Å². The van der Waals surface area contributed by atoms with E-state index in [9.17, 15) is 4.79 Å². The Labute approximate surface area is 132 Å². The Morgan fingerprint density at radius 3 is 2.41 bits per heavy atom. The molecule has 0 aliphatic rings. The first-order valence-electron chi connectivity index (χ1n) is 7.77. The minimum absolute atomic E-state index is 0.0236. The van der Waals surface area contributed by atoms with E-state index in [1.807, 2.05) is 67.3 Å². The quantitative estimate of drug-likeness (QED) is 0.788. The third-order valence-electron chi connectivity index (χ3n) is 3.42. The van der Waals surface area contributed by atoms with Gasteiger partial charge in [0.2, 0.25) is 0 Å². The molecule has 0 radical (unpaired) electrons. The standard InChI is InChI=1S/C19H23NO2/c1-4-13-20(17-8-6-7-15(3)14-17)19(21)16-9-11-18(12-10-16)22-5-2/h6-12,14H,4-5,13H2,1-3H3. The molecule has 1 amide bonds. The fraction of sp³-hybridized carbons (Fsp3) is 0.316. The van der Waals surface area contributed by atoms with Gasteiger partial charge in [-0.05, 0) is 62.2 Å². The van der Waals surface area contributed by atoms with E-state index in [2.05, 4.69) is 6.92 Å². The minimum atomic E-state index is 0.0236. The van der Waals surface area contributed by atoms with E-state index in [1.54, 1.807) is 0 Å². The number of anilines is 1. The van der Waals surface area contributed by atoms with Crippen molar-refractivity contribution in [3.8, 4) is 5.75 Å². The van der Waals surface area contributed by atoms with E-state index in [0.29, 0.717) is 18.7 Å². The summed E-state index contributed by atoms with van der Waals surface area (Å²) in [5.41, 5.74) is 2.78. The summed E-state index contributed by atoms with van der Waals surface area (Å²) in [6.45, 7) is 7.39. The van der Waals surface area contributed by atoms with Crippen molar-refractivity contribution in [1.82, 2.24) is 0 Å². The highest BCUT2D eigenvalue weighted by molar-refractivity contribution is 6.06. The average molecular weight is 297 g/mol. The first-order valence-corrected chi connectivity index (χ1v) is 7.77. The molecule has 0 atom stereocenters. The molecule has 116 valence electrons. The van der Waals surface area contributed by atoms with Crippen LogP contribution in [0, 0.1) is 6.92 Å². The molecule has 0 spiro atoms. The van der Waals surface area contributed by atoms with Gasteiger partial charge in [-0.25, -0.2) is 0 Å². The zero-order chi connectivity index (χ0) is 15.9. The predicted molar refractivity (Wildman–Crippen MR) is 90.8 cm³/mol. The first kappa shape index (κ1) is 16.1. The number of hydrogen-bond acceptors (Lipinski definition) is 2. The molecule has 0 aliphatic carbocycles. The number of nitrogens with zero attached hydrogens (tertiary/aromatic N) is 1. The third-order valence-corrected chi connectivity index (χ3v) is 3.42. The zero-order valence-electron chi connectivity index (χ0n) is 13.5. The third kappa shape index (κ3) is 3.88. The largest absolute Gasteiger partial charge is 0.494 e. The molecule has 0 fully saturated rings. The number of rotatable bonds is 6. The summed E-state index contributed by atoms with van der Waals surface area (Å²) in [6.07, 6.45) is 0.913. The van der Waals surface area contributed by atoms with Gasteiger partial charge in [-0.15, -0.1) is 0 Å². The summed E-state index contributed by atoms with van der Waals surface area (Å²) in [5.74, 6) is 0.812. The van der Waals surface area contributed by atoms with Gasteiger partial charge in [-0.3, -0.25) is 4.79 Å². The van der Waals surface area contributed by atoms with Crippen LogP contribution in [0.15, 0.2) is 48.5 Å². The van der Waals surface area contributed by atoms with Crippen molar-refractivity contribution in [3.63, 3.8) is 0 Å². The van der Waals surface area contributed by atoms with Gasteiger partial charge in [0.15, 0.2) is 0 Å². The Hall–Kier alpha value is -2.29. The monoisotopic (exact) mass is 297 g/mol. The molecule has 0 saturated heterocycles. The van der Waals surface area contributed by atoms with Crippen molar-refractivity contribution in [3.05, 3.63) is 59.7 Å². The lowest BCUT2D eigenvalue weighted by Crippen LogP contribution is -2.31. The van der Waals surface area contributed by atoms with Crippen molar-refractivity contribution in [2.24, 2.45) is 0 Å². The maximum atomic E-state index is 12.8. The van der Waals surface area contributed by atoms with Crippen LogP contribution in [-0.4, -0.2) is 19.1 Å². The fourth-order valence-electron chi connectivity index (χ4n) is 2.38. The van der Waals surface area contributed by atoms with Gasteiger partial charge in [0.1, 0.15) is 5.75 Å². The van der Waals surface area contributed by atoms with Crippen LogP contribution in [0.25, 0.3) is 0 Å². The number of hydrogen-bond donors (Lipinski definition) is 0. The molecule has 0 N–H and O–H groups in total. The van der Waals surface area contributed by atoms with Gasteiger partial charge in [0, 0.05) is 17.8 Å². The molecule has 2 rings (SSSR count). The summed E-state index contributed by atoms with van der Waals surface area (Å²) in [4.78, 5) is 14.6. The lowest BCUT2D eigenvalue weighted by Gasteiger charge is -2.23. The van der Waals surface area contributed by atoms with E-state index in [0.717, 1.165) is 23.4 Å². The Kier molecular flexibility index (Phi) is 5.59. The van der Waals surface area contributed by atoms with Crippen LogP contribution in [0.5, 0.6) is 5.75 Å². The van der Waals surface area contributed by atoms with Crippen molar-refractivity contribution in [1.29, 1.82) is 0 Å². The van der Waals surface area contributed by atoms with Crippen LogP contribution >= 0.6 is 0 Å². The number of carbonyl (C=O) groups is 1. The minimum Gasteiger partial charge on any atom is -0.494 e. The van der Waals surface area contributed by atoms with Crippen LogP contribution in [0.1, 0.15) is 36.2 Å². The second-order valence-electron chi connectivity index (χ2n) is 5.25. The maximum absolute atomic E-state index is 12.8. The van der Waals surface area contributed by atoms with Gasteiger partial charge in [0.05, 0.1) is 6.61 Å². The highest BCUT2D eigenvalue weighted by Gasteiger charge is 2.17. The van der Waals surface area contributed by atoms with E-state index < -0.39 is 0 Å². The van der Waals surface area contributed by atoms with Crippen LogP contribution in [-0.2, 0) is 0 Å². The molecule has 0 aliphatic heterocycles. The van der Waals surface area contributed by atoms with Crippen molar-refractivity contribution in [2.45, 2.75) is 27.2 Å². The summed E-state index contributed by atoms with van der Waals surface area (Å²) in [5, 5.41) is 0. The van der Waals surface area contributed by atoms with Crippen molar-refractivity contribution in [2.75, 3.05) is 18.1 Å². The van der Waals surface area contributed by atoms with Gasteiger partial charge < -0.3 is 9.64 Å². The molecule has 2 aromatic carbocycles. The Balaban J connectivity index is 2.26. The molecule has 0 saturated carbocycles. The molecule has 2 aromatic rings. The normalized spacial score (nSPS) is 10.3. The van der Waals surface area contributed by atoms with Gasteiger partial charge >= 0.3 is 0 Å². The van der Waals surface area contributed by atoms with Crippen molar-refractivity contribution < 1.29 is 9.53 Å². The summed E-state index contributed by atoms with van der Waals surface area (Å²) >= 11 is 0. The molecule has 0 aromatic heterocycles. The average Bonchev–Trinajstić information content (AvgIpc) is 2.53. The molecule has 0 heterocycles. The number of carbonyl (C=O) groups excluding carboxylic acids is 1. The smallest absolute Gasteiger partial charge is 0.258 e. The molecule has 3 nitrogen and oxygen atoms in total. The molecule has 3 heteroatoms. The van der Waals surface area contributed by atoms with Gasteiger partial charge in [-0.1, -0.05) is 19.1 Å². The highest BCUT2D eigenvalue weighted by Crippen LogP contribution is 2.20. The Morgan fingerprint density at radius 1 is 1.09 bits per heavy atom. The fourth-order valence-corrected chi connectivity index (χ4v) is 2.38. The predicted octanol–water partition coefficient (Wildman–Crippen LogP) is 4.45. The topological polar surface area (TPSA) is 29.5 Å². The second-order valence-corrected chi connectivity index (χ2v) is 5.25. The second kappa shape index (κ2) is 7.64. The van der Waals surface area contributed by atoms with Crippen LogP contribution in [0.2, 0.25) is 0 Å². The van der Waals surface area contributed by atoms with E-state index in [1.165, 1.54) is 0 Å². The highest BCUT2D eigenvalue weighted by atomic mass is 16.5. The zero-order valence-corrected chi connectivity index (χ0v) is 13.5. The lowest BCUT2D eigenvalue weighted by molar-refractivity contribution is 0.0987. The molecule has 0 unspecified atom stereocenters. The van der Waals surface area contributed by atoms with Gasteiger partial charge in [-0.2, -0.15) is 0 Å². The lowest BCUT2D eigenvalue weighted by atomic mass is 10.1. The van der Waals surface area contributed by atoms with E-state index in [4.69, 9.17) is 4.74 Å². The molecule has 0 bridgehead atoms. The van der Waals surface area contributed by atoms with Gasteiger partial charge in [0.25, 0.3) is 5.91 Å². The number of amides is 1. The summed E-state index contributed by atoms with van der Waals surface area (Å²) < 4.78 is 5.42. The maximum Gasteiger partial charge on any atom is 0.258 e. The first-order chi connectivity index (χ1) is 10.7. The Bertz CT molecular complexity index is 620. The Morgan fingerprint density at radius 2 is 1.82 bits per heavy atom. The summed E-state index contributed by atoms with van der Waals surface area (Å²) in [6, 6.07) is 15.4. The number of benzene rings is 2. The van der Waals surface area contributed by atoms with Crippen molar-refractivity contribution >= 4 is 11.6 Å².